The first-order valence-electron chi connectivity index (χ1n) is 6.93. The fourth-order valence-corrected chi connectivity index (χ4v) is 2.07. The highest BCUT2D eigenvalue weighted by molar-refractivity contribution is 5.29. The maximum absolute atomic E-state index is 9.32. The van der Waals surface area contributed by atoms with Crippen LogP contribution in [-0.2, 0) is 26.2 Å². The average molecular weight is 275 g/mol. The van der Waals surface area contributed by atoms with Crippen LogP contribution >= 0.6 is 0 Å². The molecular formula is C15H21N3O2. The van der Waals surface area contributed by atoms with Crippen molar-refractivity contribution in [1.29, 1.82) is 0 Å². The Kier molecular flexibility index (Phi) is 4.74. The third-order valence-electron chi connectivity index (χ3n) is 3.17. The van der Waals surface area contributed by atoms with Gasteiger partial charge in [0.15, 0.2) is 0 Å². The number of hydrogen-bond donors (Lipinski definition) is 1. The molecule has 0 fully saturated rings. The molecule has 0 aromatic carbocycles. The summed E-state index contributed by atoms with van der Waals surface area (Å²) >= 11 is 0. The molecule has 2 heterocycles. The average Bonchev–Trinajstić information content (AvgIpc) is 2.88. The second kappa shape index (κ2) is 6.52. The quantitative estimate of drug-likeness (QED) is 0.878. The van der Waals surface area contributed by atoms with Crippen molar-refractivity contribution in [2.24, 2.45) is 0 Å². The molecule has 1 N–H and O–H groups in total. The van der Waals surface area contributed by atoms with Crippen molar-refractivity contribution < 1.29 is 9.84 Å². The van der Waals surface area contributed by atoms with Crippen LogP contribution in [0.5, 0.6) is 5.75 Å². The number of aromatic nitrogens is 3. The van der Waals surface area contributed by atoms with E-state index in [9.17, 15) is 5.11 Å². The SMILES string of the molecule is CCc1cc(COc2ccc(C)nc2CO)n(CC)n1. The molecule has 108 valence electrons. The van der Waals surface area contributed by atoms with Gasteiger partial charge in [-0.15, -0.1) is 0 Å². The highest BCUT2D eigenvalue weighted by atomic mass is 16.5. The van der Waals surface area contributed by atoms with Crippen LogP contribution in [0.3, 0.4) is 0 Å². The molecule has 0 atom stereocenters. The predicted octanol–water partition coefficient (Wildman–Crippen LogP) is 2.24. The molecule has 0 unspecified atom stereocenters. The molecule has 0 saturated heterocycles. The van der Waals surface area contributed by atoms with E-state index < -0.39 is 0 Å². The Hall–Kier alpha value is -1.88. The van der Waals surface area contributed by atoms with Crippen LogP contribution < -0.4 is 4.74 Å². The minimum atomic E-state index is -0.121. The number of ether oxygens (including phenoxy) is 1. The second-order valence-electron chi connectivity index (χ2n) is 4.64. The zero-order valence-corrected chi connectivity index (χ0v) is 12.3. The molecule has 0 radical (unpaired) electrons. The molecule has 0 saturated carbocycles. The Labute approximate surface area is 119 Å². The first kappa shape index (κ1) is 14.5. The molecule has 0 amide bonds. The predicted molar refractivity (Wildman–Crippen MR) is 76.5 cm³/mol. The highest BCUT2D eigenvalue weighted by Crippen LogP contribution is 2.19. The van der Waals surface area contributed by atoms with E-state index in [2.05, 4.69) is 30.0 Å². The molecule has 2 aromatic heterocycles. The van der Waals surface area contributed by atoms with Crippen LogP contribution in [0.25, 0.3) is 0 Å². The molecule has 0 bridgehead atoms. The minimum Gasteiger partial charge on any atom is -0.485 e. The van der Waals surface area contributed by atoms with Crippen LogP contribution in [0.4, 0.5) is 0 Å². The lowest BCUT2D eigenvalue weighted by Crippen LogP contribution is -2.07. The standard InChI is InChI=1S/C15H21N3O2/c1-4-12-8-13(18(5-2)17-12)10-20-15-7-6-11(3)16-14(15)9-19/h6-8,19H,4-5,9-10H2,1-3H3. The maximum Gasteiger partial charge on any atom is 0.143 e. The number of aryl methyl sites for hydroxylation is 3. The van der Waals surface area contributed by atoms with Gasteiger partial charge in [0.2, 0.25) is 0 Å². The zero-order chi connectivity index (χ0) is 14.5. The molecule has 5 nitrogen and oxygen atoms in total. The minimum absolute atomic E-state index is 0.121. The number of rotatable bonds is 6. The van der Waals surface area contributed by atoms with Crippen LogP contribution in [0.2, 0.25) is 0 Å². The lowest BCUT2D eigenvalue weighted by atomic mass is 10.3. The Bertz CT molecular complexity index is 578. The fourth-order valence-electron chi connectivity index (χ4n) is 2.07. The lowest BCUT2D eigenvalue weighted by molar-refractivity contribution is 0.249. The second-order valence-corrected chi connectivity index (χ2v) is 4.64. The summed E-state index contributed by atoms with van der Waals surface area (Å²) in [4.78, 5) is 4.27. The molecule has 0 spiro atoms. The van der Waals surface area contributed by atoms with E-state index >= 15 is 0 Å². The Morgan fingerprint density at radius 3 is 2.75 bits per heavy atom. The van der Waals surface area contributed by atoms with Crippen molar-refractivity contribution >= 4 is 0 Å². The van der Waals surface area contributed by atoms with Crippen LogP contribution in [0.1, 0.15) is 36.6 Å². The van der Waals surface area contributed by atoms with Gasteiger partial charge in [0.1, 0.15) is 18.1 Å². The number of aliphatic hydroxyl groups is 1. The third-order valence-corrected chi connectivity index (χ3v) is 3.17. The van der Waals surface area contributed by atoms with E-state index in [1.54, 1.807) is 0 Å². The van der Waals surface area contributed by atoms with Gasteiger partial charge in [0.05, 0.1) is 18.0 Å². The topological polar surface area (TPSA) is 60.2 Å². The molecule has 0 aliphatic carbocycles. The van der Waals surface area contributed by atoms with Gasteiger partial charge in [-0.25, -0.2) is 0 Å². The van der Waals surface area contributed by atoms with Crippen LogP contribution in [0, 0.1) is 6.92 Å². The molecule has 5 heteroatoms. The number of aliphatic hydroxyl groups excluding tert-OH is 1. The maximum atomic E-state index is 9.32. The largest absolute Gasteiger partial charge is 0.485 e. The summed E-state index contributed by atoms with van der Waals surface area (Å²) in [5.74, 6) is 0.625. The summed E-state index contributed by atoms with van der Waals surface area (Å²) in [6.45, 7) is 7.16. The van der Waals surface area contributed by atoms with Gasteiger partial charge < -0.3 is 9.84 Å². The lowest BCUT2D eigenvalue weighted by Gasteiger charge is -2.10. The van der Waals surface area contributed by atoms with E-state index in [0.717, 1.165) is 30.0 Å². The smallest absolute Gasteiger partial charge is 0.143 e. The van der Waals surface area contributed by atoms with Crippen molar-refractivity contribution in [3.8, 4) is 5.75 Å². The first-order valence-corrected chi connectivity index (χ1v) is 6.93. The Morgan fingerprint density at radius 2 is 2.10 bits per heavy atom. The fraction of sp³-hybridized carbons (Fsp3) is 0.467. The first-order chi connectivity index (χ1) is 9.67. The summed E-state index contributed by atoms with van der Waals surface area (Å²) < 4.78 is 7.73. The zero-order valence-electron chi connectivity index (χ0n) is 12.3. The summed E-state index contributed by atoms with van der Waals surface area (Å²) in [5.41, 5.74) is 3.54. The number of nitrogens with zero attached hydrogens (tertiary/aromatic N) is 3. The Balaban J connectivity index is 2.14. The van der Waals surface area contributed by atoms with Crippen LogP contribution in [-0.4, -0.2) is 19.9 Å². The summed E-state index contributed by atoms with van der Waals surface area (Å²) in [5, 5.41) is 13.8. The summed E-state index contributed by atoms with van der Waals surface area (Å²) in [7, 11) is 0. The number of hydrogen-bond acceptors (Lipinski definition) is 4. The molecule has 2 rings (SSSR count). The van der Waals surface area contributed by atoms with Crippen molar-refractivity contribution in [3.63, 3.8) is 0 Å². The van der Waals surface area contributed by atoms with Gasteiger partial charge in [0.25, 0.3) is 0 Å². The van der Waals surface area contributed by atoms with E-state index in [4.69, 9.17) is 4.74 Å². The van der Waals surface area contributed by atoms with E-state index in [1.807, 2.05) is 23.7 Å². The number of pyridine rings is 1. The van der Waals surface area contributed by atoms with E-state index in [1.165, 1.54) is 0 Å². The normalized spacial score (nSPS) is 10.8. The van der Waals surface area contributed by atoms with Crippen molar-refractivity contribution in [2.75, 3.05) is 0 Å². The Morgan fingerprint density at radius 1 is 1.30 bits per heavy atom. The molecule has 2 aromatic rings. The summed E-state index contributed by atoms with van der Waals surface area (Å²) in [6.07, 6.45) is 0.911. The van der Waals surface area contributed by atoms with Crippen molar-refractivity contribution in [3.05, 3.63) is 41.0 Å². The molecular weight excluding hydrogens is 254 g/mol. The van der Waals surface area contributed by atoms with E-state index in [-0.39, 0.29) is 6.61 Å². The van der Waals surface area contributed by atoms with Gasteiger partial charge in [0, 0.05) is 12.2 Å². The van der Waals surface area contributed by atoms with Gasteiger partial charge in [-0.3, -0.25) is 9.67 Å². The summed E-state index contributed by atoms with van der Waals surface area (Å²) in [6, 6.07) is 5.79. The highest BCUT2D eigenvalue weighted by Gasteiger charge is 2.09. The van der Waals surface area contributed by atoms with Crippen LogP contribution in [0.15, 0.2) is 18.2 Å². The van der Waals surface area contributed by atoms with Crippen molar-refractivity contribution in [2.45, 2.75) is 47.0 Å². The van der Waals surface area contributed by atoms with Crippen molar-refractivity contribution in [1.82, 2.24) is 14.8 Å². The van der Waals surface area contributed by atoms with Gasteiger partial charge in [-0.05, 0) is 38.5 Å². The molecule has 0 aliphatic heterocycles. The molecule has 0 aliphatic rings. The molecule has 20 heavy (non-hydrogen) atoms. The van der Waals surface area contributed by atoms with E-state index in [0.29, 0.717) is 18.1 Å². The van der Waals surface area contributed by atoms with Gasteiger partial charge in [-0.2, -0.15) is 5.10 Å². The monoisotopic (exact) mass is 275 g/mol. The van der Waals surface area contributed by atoms with Gasteiger partial charge in [-0.1, -0.05) is 6.92 Å². The van der Waals surface area contributed by atoms with Gasteiger partial charge >= 0.3 is 0 Å². The third kappa shape index (κ3) is 3.17.